The van der Waals surface area contributed by atoms with Gasteiger partial charge < -0.3 is 10.6 Å². The minimum atomic E-state index is -4.34. The summed E-state index contributed by atoms with van der Waals surface area (Å²) in [7, 11) is 0. The molecule has 1 fully saturated rings. The van der Waals surface area contributed by atoms with E-state index in [4.69, 9.17) is 0 Å². The summed E-state index contributed by atoms with van der Waals surface area (Å²) in [5.41, 5.74) is -4.34. The first-order valence-corrected chi connectivity index (χ1v) is 6.08. The number of rotatable bonds is 3. The molecule has 16 heavy (non-hydrogen) atoms. The molecule has 1 rings (SSSR count). The molecule has 7 heteroatoms. The molecule has 0 bridgehead atoms. The smallest absolute Gasteiger partial charge is 0.352 e. The Morgan fingerprint density at radius 3 is 2.81 bits per heavy atom. The average molecular weight is 256 g/mol. The molecule has 3 nitrogen and oxygen atoms in total. The summed E-state index contributed by atoms with van der Waals surface area (Å²) < 4.78 is 35.5. The maximum Gasteiger partial charge on any atom is 0.442 e. The Bertz CT molecular complexity index is 247. The molecule has 94 valence electrons. The first kappa shape index (κ1) is 13.6. The van der Waals surface area contributed by atoms with Crippen LogP contribution in [-0.4, -0.2) is 36.3 Å². The Morgan fingerprint density at radius 2 is 2.25 bits per heavy atom. The highest BCUT2D eigenvalue weighted by Gasteiger charge is 2.30. The fourth-order valence-corrected chi connectivity index (χ4v) is 2.00. The molecule has 2 unspecified atom stereocenters. The van der Waals surface area contributed by atoms with Gasteiger partial charge in [-0.15, -0.1) is 0 Å². The van der Waals surface area contributed by atoms with Crippen molar-refractivity contribution in [1.29, 1.82) is 0 Å². The van der Waals surface area contributed by atoms with E-state index in [-0.39, 0.29) is 23.7 Å². The number of alkyl halides is 3. The number of hydrogen-bond donors (Lipinski definition) is 2. The summed E-state index contributed by atoms with van der Waals surface area (Å²) in [6.45, 7) is 3.55. The first-order chi connectivity index (χ1) is 7.38. The molecule has 0 spiro atoms. The number of carbonyl (C=O) groups excluding carboxylic acids is 1. The fraction of sp³-hybridized carbons (Fsp3) is 0.889. The third-order valence-corrected chi connectivity index (χ3v) is 3.23. The second kappa shape index (κ2) is 5.77. The predicted molar refractivity (Wildman–Crippen MR) is 57.1 cm³/mol. The largest absolute Gasteiger partial charge is 0.442 e. The van der Waals surface area contributed by atoms with Gasteiger partial charge in [0.25, 0.3) is 0 Å². The van der Waals surface area contributed by atoms with Crippen LogP contribution in [0, 0.1) is 5.92 Å². The summed E-state index contributed by atoms with van der Waals surface area (Å²) in [5, 5.41) is 5.80. The molecule has 0 aromatic heterocycles. The zero-order valence-corrected chi connectivity index (χ0v) is 9.75. The van der Waals surface area contributed by atoms with Crippen molar-refractivity contribution in [2.24, 2.45) is 5.92 Å². The molecule has 1 heterocycles. The third kappa shape index (κ3) is 5.07. The average Bonchev–Trinajstić information content (AvgIpc) is 2.18. The summed E-state index contributed by atoms with van der Waals surface area (Å²) >= 11 is -0.296. The molecule has 0 aromatic carbocycles. The molecule has 1 amide bonds. The minimum absolute atomic E-state index is 0.0115. The molecular formula is C9H15F3N2OS. The SMILES string of the molecule is CC1CNCCC1NC(=O)CSC(F)(F)F. The predicted octanol–water partition coefficient (Wildman–Crippen LogP) is 1.35. The maximum atomic E-state index is 11.8. The minimum Gasteiger partial charge on any atom is -0.352 e. The summed E-state index contributed by atoms with van der Waals surface area (Å²) in [5.74, 6) is -0.838. The van der Waals surface area contributed by atoms with Gasteiger partial charge >= 0.3 is 5.51 Å². The van der Waals surface area contributed by atoms with E-state index >= 15 is 0 Å². The van der Waals surface area contributed by atoms with Crippen molar-refractivity contribution in [3.63, 3.8) is 0 Å². The van der Waals surface area contributed by atoms with Crippen molar-refractivity contribution < 1.29 is 18.0 Å². The highest BCUT2D eigenvalue weighted by Crippen LogP contribution is 2.29. The van der Waals surface area contributed by atoms with Gasteiger partial charge in [-0.05, 0) is 37.2 Å². The lowest BCUT2D eigenvalue weighted by Crippen LogP contribution is -2.48. The normalized spacial score (nSPS) is 26.5. The molecule has 0 saturated carbocycles. The molecule has 2 atom stereocenters. The molecule has 0 aromatic rings. The zero-order valence-electron chi connectivity index (χ0n) is 8.93. The Kier molecular flexibility index (Phi) is 4.91. The van der Waals surface area contributed by atoms with Crippen LogP contribution in [0.5, 0.6) is 0 Å². The lowest BCUT2D eigenvalue weighted by Gasteiger charge is -2.30. The maximum absolute atomic E-state index is 11.8. The van der Waals surface area contributed by atoms with Gasteiger partial charge in [-0.2, -0.15) is 13.2 Å². The summed E-state index contributed by atoms with van der Waals surface area (Å²) in [6, 6.07) is -0.0115. The van der Waals surface area contributed by atoms with Gasteiger partial charge in [0.05, 0.1) is 5.75 Å². The van der Waals surface area contributed by atoms with Gasteiger partial charge in [0.2, 0.25) is 5.91 Å². The van der Waals surface area contributed by atoms with E-state index in [1.54, 1.807) is 0 Å². The molecule has 0 radical (unpaired) electrons. The first-order valence-electron chi connectivity index (χ1n) is 5.09. The fourth-order valence-electron chi connectivity index (χ4n) is 1.62. The van der Waals surface area contributed by atoms with Crippen molar-refractivity contribution in [2.75, 3.05) is 18.8 Å². The Hall–Kier alpha value is -0.430. The van der Waals surface area contributed by atoms with Gasteiger partial charge in [-0.1, -0.05) is 6.92 Å². The van der Waals surface area contributed by atoms with Gasteiger partial charge in [-0.25, -0.2) is 0 Å². The van der Waals surface area contributed by atoms with E-state index in [1.165, 1.54) is 0 Å². The van der Waals surface area contributed by atoms with Crippen molar-refractivity contribution >= 4 is 17.7 Å². The van der Waals surface area contributed by atoms with Crippen LogP contribution in [0.4, 0.5) is 13.2 Å². The van der Waals surface area contributed by atoms with Crippen molar-refractivity contribution in [2.45, 2.75) is 24.9 Å². The molecule has 1 saturated heterocycles. The van der Waals surface area contributed by atoms with Crippen LogP contribution in [0.3, 0.4) is 0 Å². The Balaban J connectivity index is 2.28. The number of carbonyl (C=O) groups is 1. The van der Waals surface area contributed by atoms with Crippen molar-refractivity contribution in [3.8, 4) is 0 Å². The van der Waals surface area contributed by atoms with E-state index in [0.717, 1.165) is 19.5 Å². The number of hydrogen-bond acceptors (Lipinski definition) is 3. The Labute approximate surface area is 96.5 Å². The third-order valence-electron chi connectivity index (χ3n) is 2.50. The Morgan fingerprint density at radius 1 is 1.56 bits per heavy atom. The van der Waals surface area contributed by atoms with E-state index in [1.807, 2.05) is 6.92 Å². The van der Waals surface area contributed by atoms with E-state index in [9.17, 15) is 18.0 Å². The van der Waals surface area contributed by atoms with Gasteiger partial charge in [0.1, 0.15) is 0 Å². The number of nitrogens with one attached hydrogen (secondary N) is 2. The van der Waals surface area contributed by atoms with Gasteiger partial charge in [0.15, 0.2) is 0 Å². The molecule has 0 aliphatic carbocycles. The molecule has 1 aliphatic heterocycles. The van der Waals surface area contributed by atoms with Gasteiger partial charge in [-0.3, -0.25) is 4.79 Å². The van der Waals surface area contributed by atoms with Crippen LogP contribution < -0.4 is 10.6 Å². The molecular weight excluding hydrogens is 241 g/mol. The standard InChI is InChI=1S/C9H15F3N2OS/c1-6-4-13-3-2-7(6)14-8(15)5-16-9(10,11)12/h6-7,13H,2-5H2,1H3,(H,14,15). The van der Waals surface area contributed by atoms with E-state index < -0.39 is 17.2 Å². The lowest BCUT2D eigenvalue weighted by molar-refractivity contribution is -0.120. The molecule has 1 aliphatic rings. The second-order valence-corrected chi connectivity index (χ2v) is 4.92. The second-order valence-electron chi connectivity index (χ2n) is 3.88. The van der Waals surface area contributed by atoms with Crippen LogP contribution in [0.25, 0.3) is 0 Å². The van der Waals surface area contributed by atoms with Crippen LogP contribution in [0.2, 0.25) is 0 Å². The highest BCUT2D eigenvalue weighted by atomic mass is 32.2. The monoisotopic (exact) mass is 256 g/mol. The lowest BCUT2D eigenvalue weighted by atomic mass is 9.95. The highest BCUT2D eigenvalue weighted by molar-refractivity contribution is 8.00. The van der Waals surface area contributed by atoms with Crippen molar-refractivity contribution in [1.82, 2.24) is 10.6 Å². The molecule has 2 N–H and O–H groups in total. The summed E-state index contributed by atoms with van der Waals surface area (Å²) in [4.78, 5) is 11.3. The number of piperidine rings is 1. The number of halogens is 3. The van der Waals surface area contributed by atoms with Crippen molar-refractivity contribution in [3.05, 3.63) is 0 Å². The van der Waals surface area contributed by atoms with E-state index in [0.29, 0.717) is 0 Å². The van der Waals surface area contributed by atoms with Gasteiger partial charge in [0, 0.05) is 6.04 Å². The van der Waals surface area contributed by atoms with Crippen LogP contribution in [0.1, 0.15) is 13.3 Å². The topological polar surface area (TPSA) is 41.1 Å². The quantitative estimate of drug-likeness (QED) is 0.801. The number of amides is 1. The van der Waals surface area contributed by atoms with E-state index in [2.05, 4.69) is 10.6 Å². The van der Waals surface area contributed by atoms with Crippen LogP contribution >= 0.6 is 11.8 Å². The van der Waals surface area contributed by atoms with Crippen LogP contribution in [0.15, 0.2) is 0 Å². The zero-order chi connectivity index (χ0) is 12.2. The summed E-state index contributed by atoms with van der Waals surface area (Å²) in [6.07, 6.45) is 0.767. The number of thioether (sulfide) groups is 1. The van der Waals surface area contributed by atoms with Crippen LogP contribution in [-0.2, 0) is 4.79 Å².